The number of aryl methyl sites for hydroxylation is 1. The van der Waals surface area contributed by atoms with E-state index in [-0.39, 0.29) is 22.8 Å². The third-order valence-electron chi connectivity index (χ3n) is 5.23. The summed E-state index contributed by atoms with van der Waals surface area (Å²) >= 11 is 0. The summed E-state index contributed by atoms with van der Waals surface area (Å²) in [7, 11) is 0. The number of nitrogens with zero attached hydrogens (tertiary/aromatic N) is 4. The van der Waals surface area contributed by atoms with Gasteiger partial charge in [-0.1, -0.05) is 55.8 Å². The summed E-state index contributed by atoms with van der Waals surface area (Å²) < 4.78 is 1.84. The molecule has 0 bridgehead atoms. The van der Waals surface area contributed by atoms with Gasteiger partial charge in [0.1, 0.15) is 11.3 Å². The van der Waals surface area contributed by atoms with Crippen molar-refractivity contribution in [2.24, 2.45) is 0 Å². The van der Waals surface area contributed by atoms with Crippen molar-refractivity contribution in [1.82, 2.24) is 19.7 Å². The standard InChI is InChI=1S/C23H22N4O4/c1-2-3-8-18-24-19-20(22(29)26-25-21(19)28)27(18)13-14-9-11-15(12-10-14)16-6-4-5-7-17(16)23(30)31/h4-7,9-12H,2-3,8,13H2,1H3,(H,25,28)(H,26,29)(H,30,31). The fourth-order valence-corrected chi connectivity index (χ4v) is 3.66. The number of aromatic carboxylic acids is 1. The first kappa shape index (κ1) is 20.3. The zero-order valence-corrected chi connectivity index (χ0v) is 17.0. The van der Waals surface area contributed by atoms with Crippen molar-refractivity contribution in [3.8, 4) is 22.9 Å². The predicted octanol–water partition coefficient (Wildman–Crippen LogP) is 3.99. The van der Waals surface area contributed by atoms with Crippen LogP contribution >= 0.6 is 0 Å². The molecule has 4 aromatic rings. The van der Waals surface area contributed by atoms with Crippen LogP contribution in [0.1, 0.15) is 41.5 Å². The number of carboxylic acids is 1. The van der Waals surface area contributed by atoms with Gasteiger partial charge in [0.25, 0.3) is 11.8 Å². The third-order valence-corrected chi connectivity index (χ3v) is 5.23. The zero-order valence-electron chi connectivity index (χ0n) is 17.0. The molecule has 2 aromatic heterocycles. The smallest absolute Gasteiger partial charge is 0.336 e. The number of aromatic hydroxyl groups is 2. The molecule has 0 atom stereocenters. The molecule has 0 saturated carbocycles. The van der Waals surface area contributed by atoms with Gasteiger partial charge >= 0.3 is 5.97 Å². The Bertz CT molecular complexity index is 1250. The van der Waals surface area contributed by atoms with E-state index in [1.807, 2.05) is 34.9 Å². The van der Waals surface area contributed by atoms with E-state index < -0.39 is 5.97 Å². The van der Waals surface area contributed by atoms with Crippen molar-refractivity contribution in [1.29, 1.82) is 0 Å². The second-order valence-corrected chi connectivity index (χ2v) is 7.31. The maximum Gasteiger partial charge on any atom is 0.336 e. The van der Waals surface area contributed by atoms with Crippen molar-refractivity contribution in [2.75, 3.05) is 0 Å². The van der Waals surface area contributed by atoms with Crippen LogP contribution in [0.15, 0.2) is 48.5 Å². The van der Waals surface area contributed by atoms with Gasteiger partial charge in [-0.15, -0.1) is 10.2 Å². The SMILES string of the molecule is CCCCc1nc2c(O)nnc(O)c2n1Cc1ccc(-c2ccccc2C(=O)O)cc1. The van der Waals surface area contributed by atoms with Gasteiger partial charge in [-0.05, 0) is 29.2 Å². The summed E-state index contributed by atoms with van der Waals surface area (Å²) in [5.41, 5.74) is 3.21. The highest BCUT2D eigenvalue weighted by Gasteiger charge is 2.19. The van der Waals surface area contributed by atoms with Crippen LogP contribution in [0.3, 0.4) is 0 Å². The van der Waals surface area contributed by atoms with Crippen LogP contribution < -0.4 is 0 Å². The molecule has 2 aromatic carbocycles. The molecule has 8 heteroatoms. The van der Waals surface area contributed by atoms with Crippen LogP contribution in [-0.2, 0) is 13.0 Å². The number of carbonyl (C=O) groups is 1. The van der Waals surface area contributed by atoms with Crippen molar-refractivity contribution in [3.05, 3.63) is 65.5 Å². The quantitative estimate of drug-likeness (QED) is 0.415. The van der Waals surface area contributed by atoms with Crippen LogP contribution in [0.4, 0.5) is 0 Å². The number of hydrogen-bond donors (Lipinski definition) is 3. The highest BCUT2D eigenvalue weighted by molar-refractivity contribution is 5.96. The average Bonchev–Trinajstić information content (AvgIpc) is 3.14. The molecule has 0 radical (unpaired) electrons. The minimum atomic E-state index is -0.971. The first-order valence-corrected chi connectivity index (χ1v) is 10.0. The molecule has 0 aliphatic rings. The van der Waals surface area contributed by atoms with E-state index in [1.54, 1.807) is 18.2 Å². The van der Waals surface area contributed by atoms with E-state index in [4.69, 9.17) is 0 Å². The molecule has 2 heterocycles. The van der Waals surface area contributed by atoms with Gasteiger partial charge in [-0.2, -0.15) is 0 Å². The summed E-state index contributed by atoms with van der Waals surface area (Å²) in [6.07, 6.45) is 2.58. The molecule has 158 valence electrons. The average molecular weight is 418 g/mol. The molecule has 4 rings (SSSR count). The number of rotatable bonds is 7. The molecule has 8 nitrogen and oxygen atoms in total. The summed E-state index contributed by atoms with van der Waals surface area (Å²) in [6.45, 7) is 2.49. The molecule has 0 fully saturated rings. The minimum Gasteiger partial charge on any atom is -0.491 e. The van der Waals surface area contributed by atoms with E-state index in [2.05, 4.69) is 22.1 Å². The van der Waals surface area contributed by atoms with Crippen LogP contribution in [0, 0.1) is 0 Å². The maximum absolute atomic E-state index is 11.5. The third kappa shape index (κ3) is 3.92. The highest BCUT2D eigenvalue weighted by atomic mass is 16.4. The molecule has 0 amide bonds. The Labute approximate surface area is 178 Å². The van der Waals surface area contributed by atoms with Gasteiger partial charge in [0, 0.05) is 13.0 Å². The maximum atomic E-state index is 11.5. The Kier molecular flexibility index (Phi) is 5.53. The van der Waals surface area contributed by atoms with E-state index in [0.717, 1.165) is 29.8 Å². The Morgan fingerprint density at radius 1 is 1.00 bits per heavy atom. The number of hydrogen-bond acceptors (Lipinski definition) is 6. The summed E-state index contributed by atoms with van der Waals surface area (Å²) in [5, 5.41) is 36.9. The summed E-state index contributed by atoms with van der Waals surface area (Å²) in [5.74, 6) is -0.834. The fraction of sp³-hybridized carbons (Fsp3) is 0.217. The molecule has 0 spiro atoms. The second-order valence-electron chi connectivity index (χ2n) is 7.31. The van der Waals surface area contributed by atoms with Gasteiger partial charge in [0.2, 0.25) is 0 Å². The van der Waals surface area contributed by atoms with E-state index in [1.165, 1.54) is 0 Å². The lowest BCUT2D eigenvalue weighted by molar-refractivity contribution is 0.0697. The molecule has 0 aliphatic carbocycles. The monoisotopic (exact) mass is 418 g/mol. The molecule has 0 unspecified atom stereocenters. The van der Waals surface area contributed by atoms with Gasteiger partial charge in [0.05, 0.1) is 5.56 Å². The summed E-state index contributed by atoms with van der Waals surface area (Å²) in [4.78, 5) is 16.0. The van der Waals surface area contributed by atoms with Gasteiger partial charge in [-0.3, -0.25) is 0 Å². The first-order chi connectivity index (χ1) is 15.0. The van der Waals surface area contributed by atoms with Crippen LogP contribution in [0.5, 0.6) is 11.8 Å². The van der Waals surface area contributed by atoms with Crippen molar-refractivity contribution >= 4 is 17.0 Å². The minimum absolute atomic E-state index is 0.227. The fourth-order valence-electron chi connectivity index (χ4n) is 3.66. The van der Waals surface area contributed by atoms with Gasteiger partial charge < -0.3 is 19.9 Å². The Morgan fingerprint density at radius 2 is 1.71 bits per heavy atom. The molecular weight excluding hydrogens is 396 g/mol. The van der Waals surface area contributed by atoms with E-state index >= 15 is 0 Å². The second kappa shape index (κ2) is 8.43. The number of imidazole rings is 1. The van der Waals surface area contributed by atoms with E-state index in [9.17, 15) is 20.1 Å². The Morgan fingerprint density at radius 3 is 2.42 bits per heavy atom. The molecule has 0 saturated heterocycles. The van der Waals surface area contributed by atoms with Crippen LogP contribution in [0.2, 0.25) is 0 Å². The number of fused-ring (bicyclic) bond motifs is 1. The lowest BCUT2D eigenvalue weighted by atomic mass is 9.99. The molecule has 0 aliphatic heterocycles. The topological polar surface area (TPSA) is 121 Å². The normalized spacial score (nSPS) is 11.1. The molecule has 3 N–H and O–H groups in total. The largest absolute Gasteiger partial charge is 0.491 e. The number of carboxylic acid groups (broad SMARTS) is 1. The van der Waals surface area contributed by atoms with E-state index in [0.29, 0.717) is 24.0 Å². The zero-order chi connectivity index (χ0) is 22.0. The highest BCUT2D eigenvalue weighted by Crippen LogP contribution is 2.30. The number of benzene rings is 2. The Balaban J connectivity index is 1.72. The number of aromatic nitrogens is 4. The van der Waals surface area contributed by atoms with Gasteiger partial charge in [-0.25, -0.2) is 9.78 Å². The van der Waals surface area contributed by atoms with Gasteiger partial charge in [0.15, 0.2) is 5.52 Å². The molecule has 31 heavy (non-hydrogen) atoms. The lowest BCUT2D eigenvalue weighted by Gasteiger charge is -2.11. The lowest BCUT2D eigenvalue weighted by Crippen LogP contribution is -2.06. The molecular formula is C23H22N4O4. The van der Waals surface area contributed by atoms with Crippen LogP contribution in [0.25, 0.3) is 22.2 Å². The first-order valence-electron chi connectivity index (χ1n) is 10.0. The predicted molar refractivity (Wildman–Crippen MR) is 115 cm³/mol. The Hall–Kier alpha value is -3.94. The van der Waals surface area contributed by atoms with Crippen molar-refractivity contribution < 1.29 is 20.1 Å². The van der Waals surface area contributed by atoms with Crippen LogP contribution in [-0.4, -0.2) is 41.0 Å². The van der Waals surface area contributed by atoms with Crippen molar-refractivity contribution in [3.63, 3.8) is 0 Å². The van der Waals surface area contributed by atoms with Crippen molar-refractivity contribution in [2.45, 2.75) is 32.7 Å². The number of unbranched alkanes of at least 4 members (excludes halogenated alkanes) is 1. The summed E-state index contributed by atoms with van der Waals surface area (Å²) in [6, 6.07) is 14.4.